The third kappa shape index (κ3) is 2.70. The molecule has 0 unspecified atom stereocenters. The Bertz CT molecular complexity index is 868. The summed E-state index contributed by atoms with van der Waals surface area (Å²) in [6, 6.07) is 9.39. The van der Waals surface area contributed by atoms with Gasteiger partial charge in [0.05, 0.1) is 15.8 Å². The van der Waals surface area contributed by atoms with E-state index >= 15 is 0 Å². The number of nitrogen functional groups attached to an aromatic ring is 1. The zero-order valence-corrected chi connectivity index (χ0v) is 13.6. The lowest BCUT2D eigenvalue weighted by molar-refractivity contribution is 1.23. The smallest absolute Gasteiger partial charge is 0.212 e. The Labute approximate surface area is 138 Å². The van der Waals surface area contributed by atoms with Gasteiger partial charge < -0.3 is 11.5 Å². The monoisotopic (exact) mass is 374 g/mol. The van der Waals surface area contributed by atoms with Crippen LogP contribution in [0, 0.1) is 5.41 Å². The lowest BCUT2D eigenvalue weighted by atomic mass is 10.1. The Hall–Kier alpha value is -2.32. The number of benzene rings is 1. The third-order valence-corrected chi connectivity index (χ3v) is 4.48. The summed E-state index contributed by atoms with van der Waals surface area (Å²) in [6.45, 7) is 0. The average molecular weight is 375 g/mol. The maximum Gasteiger partial charge on any atom is 0.212 e. The predicted octanol–water partition coefficient (Wildman–Crippen LogP) is 2.77. The number of para-hydroxylation sites is 1. The molecular weight excluding hydrogens is 364 g/mol. The van der Waals surface area contributed by atoms with Gasteiger partial charge in [-0.3, -0.25) is 5.41 Å². The van der Waals surface area contributed by atoms with E-state index in [-0.39, 0.29) is 11.7 Å². The van der Waals surface area contributed by atoms with Crippen LogP contribution in [0.3, 0.4) is 0 Å². The Morgan fingerprint density at radius 2 is 2.00 bits per heavy atom. The number of pyridine rings is 1. The summed E-state index contributed by atoms with van der Waals surface area (Å²) in [6.07, 6.45) is 1.55. The van der Waals surface area contributed by atoms with Crippen molar-refractivity contribution in [3.05, 3.63) is 52.3 Å². The second-order valence-corrected chi connectivity index (χ2v) is 6.16. The van der Waals surface area contributed by atoms with Gasteiger partial charge in [0.15, 0.2) is 0 Å². The van der Waals surface area contributed by atoms with E-state index < -0.39 is 0 Å². The van der Waals surface area contributed by atoms with Crippen LogP contribution < -0.4 is 11.5 Å². The Morgan fingerprint density at radius 3 is 2.73 bits per heavy atom. The molecule has 2 aromatic heterocycles. The molecule has 0 fully saturated rings. The number of rotatable bonds is 3. The number of nitrogens with one attached hydrogen (secondary N) is 1. The molecule has 5 N–H and O–H groups in total. The number of nitrogens with zero attached hydrogens (tertiary/aromatic N) is 3. The standard InChI is InChI=1S/C14H11BrN6S/c15-11-10(7(12(16)17)5-6-19-11)13(18)21-14-20-8-3-1-2-4-9(8)22-14/h1-6H,(H3,16,17)(H2,18,20,21). The van der Waals surface area contributed by atoms with E-state index in [0.29, 0.717) is 20.9 Å². The molecule has 22 heavy (non-hydrogen) atoms. The molecule has 0 aliphatic rings. The first-order valence-corrected chi connectivity index (χ1v) is 7.86. The molecule has 3 rings (SSSR count). The van der Waals surface area contributed by atoms with Gasteiger partial charge in [-0.1, -0.05) is 23.5 Å². The summed E-state index contributed by atoms with van der Waals surface area (Å²) in [5, 5.41) is 8.18. The molecule has 0 radical (unpaired) electrons. The summed E-state index contributed by atoms with van der Waals surface area (Å²) in [7, 11) is 0. The van der Waals surface area contributed by atoms with Crippen molar-refractivity contribution in [2.45, 2.75) is 0 Å². The molecule has 0 aliphatic heterocycles. The molecule has 0 spiro atoms. The fraction of sp³-hybridized carbons (Fsp3) is 0. The molecule has 8 heteroatoms. The van der Waals surface area contributed by atoms with Crippen molar-refractivity contribution < 1.29 is 0 Å². The van der Waals surface area contributed by atoms with Crippen LogP contribution in [0.4, 0.5) is 5.13 Å². The lowest BCUT2D eigenvalue weighted by Gasteiger charge is -2.08. The highest BCUT2D eigenvalue weighted by molar-refractivity contribution is 9.10. The van der Waals surface area contributed by atoms with Gasteiger partial charge in [0.25, 0.3) is 0 Å². The van der Waals surface area contributed by atoms with Crippen LogP contribution in [0.5, 0.6) is 0 Å². The molecular formula is C14H11BrN6S. The van der Waals surface area contributed by atoms with Crippen molar-refractivity contribution in [2.75, 3.05) is 0 Å². The Morgan fingerprint density at radius 1 is 1.23 bits per heavy atom. The van der Waals surface area contributed by atoms with Crippen molar-refractivity contribution in [2.24, 2.45) is 16.5 Å². The predicted molar refractivity (Wildman–Crippen MR) is 93.0 cm³/mol. The van der Waals surface area contributed by atoms with Crippen LogP contribution >= 0.6 is 27.3 Å². The van der Waals surface area contributed by atoms with Gasteiger partial charge in [-0.2, -0.15) is 0 Å². The number of fused-ring (bicyclic) bond motifs is 1. The van der Waals surface area contributed by atoms with E-state index in [2.05, 4.69) is 30.9 Å². The maximum absolute atomic E-state index is 7.64. The molecule has 2 heterocycles. The van der Waals surface area contributed by atoms with Crippen LogP contribution in [-0.4, -0.2) is 21.6 Å². The van der Waals surface area contributed by atoms with E-state index in [0.717, 1.165) is 10.2 Å². The van der Waals surface area contributed by atoms with Crippen molar-refractivity contribution >= 4 is 54.3 Å². The summed E-state index contributed by atoms with van der Waals surface area (Å²) in [4.78, 5) is 12.9. The van der Waals surface area contributed by atoms with Crippen LogP contribution in [0.1, 0.15) is 11.1 Å². The molecule has 0 amide bonds. The van der Waals surface area contributed by atoms with Gasteiger partial charge in [-0.05, 0) is 34.1 Å². The number of halogens is 1. The van der Waals surface area contributed by atoms with Crippen LogP contribution in [0.15, 0.2) is 46.1 Å². The van der Waals surface area contributed by atoms with Crippen LogP contribution in [0.25, 0.3) is 10.2 Å². The molecule has 1 aromatic carbocycles. The van der Waals surface area contributed by atoms with Gasteiger partial charge in [-0.25, -0.2) is 15.0 Å². The zero-order chi connectivity index (χ0) is 15.7. The Kier molecular flexibility index (Phi) is 3.86. The summed E-state index contributed by atoms with van der Waals surface area (Å²) >= 11 is 4.76. The Balaban J connectivity index is 2.10. The van der Waals surface area contributed by atoms with Gasteiger partial charge >= 0.3 is 0 Å². The minimum Gasteiger partial charge on any atom is -0.384 e. The fourth-order valence-electron chi connectivity index (χ4n) is 1.97. The largest absolute Gasteiger partial charge is 0.384 e. The number of aromatic nitrogens is 2. The number of amidine groups is 2. The first-order chi connectivity index (χ1) is 10.6. The normalized spacial score (nSPS) is 11.8. The van der Waals surface area contributed by atoms with Crippen LogP contribution in [-0.2, 0) is 0 Å². The van der Waals surface area contributed by atoms with Crippen molar-refractivity contribution in [3.8, 4) is 0 Å². The number of thiazole rings is 1. The second-order valence-electron chi connectivity index (χ2n) is 4.40. The van der Waals surface area contributed by atoms with Crippen molar-refractivity contribution in [3.63, 3.8) is 0 Å². The van der Waals surface area contributed by atoms with E-state index in [9.17, 15) is 0 Å². The quantitative estimate of drug-likeness (QED) is 0.371. The van der Waals surface area contributed by atoms with Gasteiger partial charge in [-0.15, -0.1) is 0 Å². The number of nitrogens with two attached hydrogens (primary N) is 2. The molecule has 110 valence electrons. The zero-order valence-electron chi connectivity index (χ0n) is 11.2. The highest BCUT2D eigenvalue weighted by Crippen LogP contribution is 2.28. The summed E-state index contributed by atoms with van der Waals surface area (Å²) in [5.74, 6) is 0.116. The maximum atomic E-state index is 7.64. The number of hydrogen-bond acceptors (Lipinski definition) is 5. The minimum absolute atomic E-state index is 0.0967. The molecule has 3 aromatic rings. The van der Waals surface area contributed by atoms with E-state index in [1.165, 1.54) is 11.3 Å². The molecule has 6 nitrogen and oxygen atoms in total. The molecule has 0 saturated heterocycles. The topological polar surface area (TPSA) is 114 Å². The van der Waals surface area contributed by atoms with Gasteiger partial charge in [0.2, 0.25) is 5.13 Å². The fourth-order valence-corrected chi connectivity index (χ4v) is 3.36. The highest BCUT2D eigenvalue weighted by atomic mass is 79.9. The second kappa shape index (κ2) is 5.82. The molecule has 0 atom stereocenters. The third-order valence-electron chi connectivity index (χ3n) is 2.95. The number of aliphatic imine (C=N–C) groups is 1. The summed E-state index contributed by atoms with van der Waals surface area (Å²) in [5.41, 5.74) is 13.5. The van der Waals surface area contributed by atoms with E-state index in [1.807, 2.05) is 24.3 Å². The summed E-state index contributed by atoms with van der Waals surface area (Å²) < 4.78 is 1.52. The first-order valence-electron chi connectivity index (χ1n) is 6.25. The van der Waals surface area contributed by atoms with Crippen LogP contribution in [0.2, 0.25) is 0 Å². The van der Waals surface area contributed by atoms with Crippen molar-refractivity contribution in [1.29, 1.82) is 5.41 Å². The van der Waals surface area contributed by atoms with Gasteiger partial charge in [0, 0.05) is 11.8 Å². The molecule has 0 bridgehead atoms. The minimum atomic E-state index is -0.0967. The average Bonchev–Trinajstić information content (AvgIpc) is 2.88. The van der Waals surface area contributed by atoms with Gasteiger partial charge in [0.1, 0.15) is 16.3 Å². The molecule has 0 aliphatic carbocycles. The van der Waals surface area contributed by atoms with E-state index in [4.69, 9.17) is 16.9 Å². The van der Waals surface area contributed by atoms with Crippen molar-refractivity contribution in [1.82, 2.24) is 9.97 Å². The number of hydrogen-bond donors (Lipinski definition) is 3. The first kappa shape index (κ1) is 14.6. The van der Waals surface area contributed by atoms with E-state index in [1.54, 1.807) is 12.3 Å². The molecule has 0 saturated carbocycles. The highest BCUT2D eigenvalue weighted by Gasteiger charge is 2.15. The SMILES string of the molecule is N=C(N)c1ccnc(Br)c1/C(N)=N/c1nc2ccccc2s1. The lowest BCUT2D eigenvalue weighted by Crippen LogP contribution is -2.22.